The van der Waals surface area contributed by atoms with E-state index < -0.39 is 5.97 Å². The summed E-state index contributed by atoms with van der Waals surface area (Å²) in [6.07, 6.45) is 8.47. The molecule has 0 saturated heterocycles. The minimum atomic E-state index is -0.933. The van der Waals surface area contributed by atoms with Gasteiger partial charge in [0.15, 0.2) is 0 Å². The van der Waals surface area contributed by atoms with Gasteiger partial charge in [0.2, 0.25) is 0 Å². The van der Waals surface area contributed by atoms with Gasteiger partial charge in [-0.15, -0.1) is 0 Å². The fourth-order valence-corrected chi connectivity index (χ4v) is 3.25. The maximum Gasteiger partial charge on any atom is 0.328 e. The zero-order valence-electron chi connectivity index (χ0n) is 15.5. The van der Waals surface area contributed by atoms with E-state index in [1.807, 2.05) is 36.4 Å². The highest BCUT2D eigenvalue weighted by atomic mass is 16.4. The van der Waals surface area contributed by atoms with Crippen molar-refractivity contribution in [1.29, 1.82) is 0 Å². The van der Waals surface area contributed by atoms with E-state index in [1.54, 1.807) is 6.92 Å². The molecule has 130 valence electrons. The number of rotatable bonds is 3. The molecule has 0 bridgehead atoms. The van der Waals surface area contributed by atoms with Crippen molar-refractivity contribution in [3.8, 4) is 11.8 Å². The van der Waals surface area contributed by atoms with Crippen LogP contribution < -0.4 is 0 Å². The molecule has 2 nitrogen and oxygen atoms in total. The Bertz CT molecular complexity index is 808. The third-order valence-corrected chi connectivity index (χ3v) is 4.62. The summed E-state index contributed by atoms with van der Waals surface area (Å²) in [5, 5.41) is 8.80. The summed E-state index contributed by atoms with van der Waals surface area (Å²) in [6, 6.07) is 7.96. The van der Waals surface area contributed by atoms with Crippen LogP contribution in [0.15, 0.2) is 53.1 Å². The fourth-order valence-electron chi connectivity index (χ4n) is 3.25. The number of aliphatic carboxylic acids is 1. The molecule has 0 unspecified atom stereocenters. The molecule has 1 aromatic rings. The van der Waals surface area contributed by atoms with Gasteiger partial charge in [-0.2, -0.15) is 0 Å². The highest BCUT2D eigenvalue weighted by molar-refractivity contribution is 5.81. The summed E-state index contributed by atoms with van der Waals surface area (Å²) < 4.78 is 0. The van der Waals surface area contributed by atoms with Crippen LogP contribution in [0.2, 0.25) is 0 Å². The summed E-state index contributed by atoms with van der Waals surface area (Å²) in [5.41, 5.74) is 5.46. The normalized spacial score (nSPS) is 17.4. The molecule has 1 aliphatic carbocycles. The smallest absolute Gasteiger partial charge is 0.328 e. The highest BCUT2D eigenvalue weighted by Gasteiger charge is 2.27. The van der Waals surface area contributed by atoms with E-state index in [4.69, 9.17) is 5.11 Å². The lowest BCUT2D eigenvalue weighted by molar-refractivity contribution is -0.131. The molecule has 0 radical (unpaired) electrons. The monoisotopic (exact) mass is 334 g/mol. The van der Waals surface area contributed by atoms with Crippen LogP contribution in [0.25, 0.3) is 6.08 Å². The third-order valence-electron chi connectivity index (χ3n) is 4.62. The molecule has 0 aromatic heterocycles. The highest BCUT2D eigenvalue weighted by Crippen LogP contribution is 2.39. The summed E-state index contributed by atoms with van der Waals surface area (Å²) in [6.45, 7) is 8.51. The van der Waals surface area contributed by atoms with Gasteiger partial charge >= 0.3 is 5.97 Å². The summed E-state index contributed by atoms with van der Waals surface area (Å²) in [7, 11) is 0. The molecule has 1 aliphatic rings. The quantitative estimate of drug-likeness (QED) is 0.443. The number of benzene rings is 1. The Labute approximate surface area is 151 Å². The topological polar surface area (TPSA) is 37.3 Å². The summed E-state index contributed by atoms with van der Waals surface area (Å²) >= 11 is 0. The second-order valence-corrected chi connectivity index (χ2v) is 7.29. The first-order valence-electron chi connectivity index (χ1n) is 8.70. The predicted molar refractivity (Wildman–Crippen MR) is 104 cm³/mol. The van der Waals surface area contributed by atoms with Gasteiger partial charge in [0.25, 0.3) is 0 Å². The summed E-state index contributed by atoms with van der Waals surface area (Å²) in [5.74, 6) is 5.83. The summed E-state index contributed by atoms with van der Waals surface area (Å²) in [4.78, 5) is 10.7. The van der Waals surface area contributed by atoms with Crippen LogP contribution in [0.5, 0.6) is 0 Å². The van der Waals surface area contributed by atoms with Crippen LogP contribution in [-0.4, -0.2) is 11.1 Å². The lowest BCUT2D eigenvalue weighted by Gasteiger charge is -2.31. The number of carbonyl (C=O) groups is 1. The van der Waals surface area contributed by atoms with Gasteiger partial charge in [0.05, 0.1) is 0 Å². The SMILES string of the molecule is CC1=C(C#Cc2ccccc2/C=C/C(C)=C/C(=O)O)C(C)(C)CCC1. The van der Waals surface area contributed by atoms with Crippen LogP contribution in [-0.2, 0) is 4.79 Å². The molecule has 2 rings (SSSR count). The molecule has 25 heavy (non-hydrogen) atoms. The molecule has 1 aromatic carbocycles. The standard InChI is InChI=1S/C23H26O2/c1-17(16-22(24)25)11-12-19-9-5-6-10-20(19)13-14-21-18(2)8-7-15-23(21,3)4/h5-6,9-12,16H,7-8,15H2,1-4H3,(H,24,25)/b12-11+,17-16+. The Hall–Kier alpha value is -2.53. The van der Waals surface area contributed by atoms with E-state index in [9.17, 15) is 4.79 Å². The van der Waals surface area contributed by atoms with E-state index in [0.717, 1.165) is 17.5 Å². The second kappa shape index (κ2) is 8.03. The van der Waals surface area contributed by atoms with Crippen molar-refractivity contribution in [2.75, 3.05) is 0 Å². The van der Waals surface area contributed by atoms with Crippen LogP contribution in [0, 0.1) is 17.3 Å². The van der Waals surface area contributed by atoms with Crippen molar-refractivity contribution in [2.24, 2.45) is 5.41 Å². The van der Waals surface area contributed by atoms with Gasteiger partial charge in [-0.3, -0.25) is 0 Å². The van der Waals surface area contributed by atoms with E-state index in [0.29, 0.717) is 5.57 Å². The zero-order valence-corrected chi connectivity index (χ0v) is 15.5. The Morgan fingerprint density at radius 2 is 1.96 bits per heavy atom. The third kappa shape index (κ3) is 5.22. The van der Waals surface area contributed by atoms with E-state index in [1.165, 1.54) is 30.1 Å². The lowest BCUT2D eigenvalue weighted by atomic mass is 9.73. The number of carboxylic acids is 1. The first-order valence-corrected chi connectivity index (χ1v) is 8.70. The average Bonchev–Trinajstić information content (AvgIpc) is 2.52. The van der Waals surface area contributed by atoms with Crippen LogP contribution in [0.3, 0.4) is 0 Å². The van der Waals surface area contributed by atoms with Crippen molar-refractivity contribution in [3.05, 3.63) is 64.3 Å². The van der Waals surface area contributed by atoms with Crippen molar-refractivity contribution >= 4 is 12.0 Å². The fraction of sp³-hybridized carbons (Fsp3) is 0.348. The Morgan fingerprint density at radius 1 is 1.24 bits per heavy atom. The molecule has 1 N–H and O–H groups in total. The molecular formula is C23H26O2. The van der Waals surface area contributed by atoms with E-state index >= 15 is 0 Å². The molecule has 0 amide bonds. The van der Waals surface area contributed by atoms with Gasteiger partial charge < -0.3 is 5.11 Å². The van der Waals surface area contributed by atoms with Crippen LogP contribution in [0.4, 0.5) is 0 Å². The lowest BCUT2D eigenvalue weighted by Crippen LogP contribution is -2.19. The molecule has 0 heterocycles. The Kier molecular flexibility index (Phi) is 6.04. The molecule has 0 atom stereocenters. The van der Waals surface area contributed by atoms with Gasteiger partial charge in [-0.25, -0.2) is 4.79 Å². The minimum absolute atomic E-state index is 0.140. The maximum absolute atomic E-state index is 10.7. The predicted octanol–water partition coefficient (Wildman–Crippen LogP) is 5.61. The van der Waals surface area contributed by atoms with Crippen molar-refractivity contribution in [1.82, 2.24) is 0 Å². The largest absolute Gasteiger partial charge is 0.478 e. The second-order valence-electron chi connectivity index (χ2n) is 7.29. The average molecular weight is 334 g/mol. The maximum atomic E-state index is 10.7. The molecule has 0 spiro atoms. The Balaban J connectivity index is 2.34. The van der Waals surface area contributed by atoms with Gasteiger partial charge in [0.1, 0.15) is 0 Å². The van der Waals surface area contributed by atoms with E-state index in [2.05, 4.69) is 32.6 Å². The van der Waals surface area contributed by atoms with Crippen LogP contribution in [0.1, 0.15) is 58.1 Å². The first-order chi connectivity index (χ1) is 11.8. The number of hydrogen-bond donors (Lipinski definition) is 1. The minimum Gasteiger partial charge on any atom is -0.478 e. The molecule has 2 heteroatoms. The van der Waals surface area contributed by atoms with Gasteiger partial charge in [-0.1, -0.05) is 61.6 Å². The molecule has 0 saturated carbocycles. The zero-order chi connectivity index (χ0) is 18.4. The molecule has 0 aliphatic heterocycles. The van der Waals surface area contributed by atoms with E-state index in [-0.39, 0.29) is 5.41 Å². The first kappa shape index (κ1) is 18.8. The molecular weight excluding hydrogens is 308 g/mol. The number of carboxylic acid groups (broad SMARTS) is 1. The van der Waals surface area contributed by atoms with Crippen LogP contribution >= 0.6 is 0 Å². The van der Waals surface area contributed by atoms with Crippen molar-refractivity contribution < 1.29 is 9.90 Å². The van der Waals surface area contributed by atoms with Gasteiger partial charge in [0, 0.05) is 17.2 Å². The molecule has 0 fully saturated rings. The van der Waals surface area contributed by atoms with Crippen molar-refractivity contribution in [3.63, 3.8) is 0 Å². The number of hydrogen-bond acceptors (Lipinski definition) is 1. The Morgan fingerprint density at radius 3 is 2.64 bits per heavy atom. The van der Waals surface area contributed by atoms with Crippen molar-refractivity contribution in [2.45, 2.75) is 47.0 Å². The van der Waals surface area contributed by atoms with Gasteiger partial charge in [-0.05, 0) is 55.7 Å². The number of allylic oxidation sites excluding steroid dienone is 4.